The molecule has 2 amide bonds. The first-order valence-electron chi connectivity index (χ1n) is 10.3. The Balaban J connectivity index is 1.64. The van der Waals surface area contributed by atoms with Gasteiger partial charge in [-0.15, -0.1) is 0 Å². The predicted molar refractivity (Wildman–Crippen MR) is 119 cm³/mol. The second-order valence-corrected chi connectivity index (χ2v) is 7.69. The largest absolute Gasteiger partial charge is 0.416 e. The Kier molecular flexibility index (Phi) is 6.21. The summed E-state index contributed by atoms with van der Waals surface area (Å²) in [6.45, 7) is 0. The summed E-state index contributed by atoms with van der Waals surface area (Å²) in [5, 5.41) is 5.44. The zero-order valence-corrected chi connectivity index (χ0v) is 18.3. The number of carbonyl (C=O) groups is 2. The van der Waals surface area contributed by atoms with Gasteiger partial charge < -0.3 is 15.2 Å². The number of nitrogens with one attached hydrogen (secondary N) is 2. The van der Waals surface area contributed by atoms with E-state index in [1.807, 2.05) is 0 Å². The van der Waals surface area contributed by atoms with Crippen molar-refractivity contribution < 1.29 is 35.9 Å². The van der Waals surface area contributed by atoms with Crippen LogP contribution in [-0.4, -0.2) is 28.4 Å². The van der Waals surface area contributed by atoms with Gasteiger partial charge in [0.15, 0.2) is 0 Å². The number of fused-ring (bicyclic) bond motifs is 1. The smallest absolute Gasteiger partial charge is 0.354 e. The molecule has 2 aromatic heterocycles. The zero-order valence-electron chi connectivity index (χ0n) is 18.3. The van der Waals surface area contributed by atoms with E-state index in [4.69, 9.17) is 0 Å². The van der Waals surface area contributed by atoms with Crippen LogP contribution in [0, 0.1) is 0 Å². The van der Waals surface area contributed by atoms with Crippen LogP contribution in [0.1, 0.15) is 32.0 Å². The van der Waals surface area contributed by atoms with E-state index in [2.05, 4.69) is 15.6 Å². The predicted octanol–water partition coefficient (Wildman–Crippen LogP) is 5.68. The minimum absolute atomic E-state index is 0.0415. The fourth-order valence-electron chi connectivity index (χ4n) is 3.56. The molecule has 12 heteroatoms. The SMILES string of the molecule is CNC(=O)c1cc(-n2ccc3cc(NC(=O)c4cc(C(F)(F)F)cc(C(F)(F)F)c4)ccc32)ccn1. The molecular weight excluding hydrogens is 490 g/mol. The summed E-state index contributed by atoms with van der Waals surface area (Å²) in [6, 6.07) is 10.2. The van der Waals surface area contributed by atoms with Crippen LogP contribution in [0.3, 0.4) is 0 Å². The maximum atomic E-state index is 13.1. The monoisotopic (exact) mass is 506 g/mol. The molecule has 0 aliphatic rings. The molecule has 4 rings (SSSR count). The molecule has 6 nitrogen and oxygen atoms in total. The Hall–Kier alpha value is -4.35. The molecule has 0 bridgehead atoms. The van der Waals surface area contributed by atoms with Crippen molar-refractivity contribution in [1.29, 1.82) is 0 Å². The van der Waals surface area contributed by atoms with E-state index in [0.29, 0.717) is 28.7 Å². The van der Waals surface area contributed by atoms with Crippen LogP contribution in [0.25, 0.3) is 16.6 Å². The van der Waals surface area contributed by atoms with Crippen molar-refractivity contribution in [2.45, 2.75) is 12.4 Å². The van der Waals surface area contributed by atoms with Gasteiger partial charge >= 0.3 is 12.4 Å². The van der Waals surface area contributed by atoms with E-state index in [0.717, 1.165) is 0 Å². The fourth-order valence-corrected chi connectivity index (χ4v) is 3.56. The first-order valence-corrected chi connectivity index (χ1v) is 10.3. The maximum Gasteiger partial charge on any atom is 0.416 e. The minimum atomic E-state index is -5.07. The van der Waals surface area contributed by atoms with Crippen molar-refractivity contribution in [3.8, 4) is 5.69 Å². The van der Waals surface area contributed by atoms with Crippen molar-refractivity contribution in [3.05, 3.63) is 89.4 Å². The van der Waals surface area contributed by atoms with Crippen LogP contribution >= 0.6 is 0 Å². The lowest BCUT2D eigenvalue weighted by Gasteiger charge is -2.14. The molecule has 0 saturated heterocycles. The summed E-state index contributed by atoms with van der Waals surface area (Å²) in [4.78, 5) is 28.4. The number of carbonyl (C=O) groups excluding carboxylic acids is 2. The molecule has 2 heterocycles. The van der Waals surface area contributed by atoms with Crippen LogP contribution in [0.2, 0.25) is 0 Å². The lowest BCUT2D eigenvalue weighted by Crippen LogP contribution is -2.19. The normalized spacial score (nSPS) is 12.0. The molecule has 0 atom stereocenters. The van der Waals surface area contributed by atoms with Crippen molar-refractivity contribution in [2.24, 2.45) is 0 Å². The first-order chi connectivity index (χ1) is 16.9. The summed E-state index contributed by atoms with van der Waals surface area (Å²) in [5.41, 5.74) is -2.29. The number of benzene rings is 2. The first kappa shape index (κ1) is 24.8. The van der Waals surface area contributed by atoms with Crippen LogP contribution < -0.4 is 10.6 Å². The lowest BCUT2D eigenvalue weighted by atomic mass is 10.0. The third kappa shape index (κ3) is 5.02. The number of rotatable bonds is 4. The Labute approximate surface area is 199 Å². The summed E-state index contributed by atoms with van der Waals surface area (Å²) in [7, 11) is 1.47. The number of pyridine rings is 1. The highest BCUT2D eigenvalue weighted by Gasteiger charge is 2.37. The highest BCUT2D eigenvalue weighted by atomic mass is 19.4. The van der Waals surface area contributed by atoms with Gasteiger partial charge in [0.05, 0.1) is 16.6 Å². The number of nitrogens with zero attached hydrogens (tertiary/aromatic N) is 2. The molecule has 36 heavy (non-hydrogen) atoms. The van der Waals surface area contributed by atoms with Gasteiger partial charge in [0, 0.05) is 41.8 Å². The summed E-state index contributed by atoms with van der Waals surface area (Å²) in [6.07, 6.45) is -6.97. The third-order valence-corrected chi connectivity index (χ3v) is 5.28. The topological polar surface area (TPSA) is 76.0 Å². The Morgan fingerprint density at radius 1 is 0.833 bits per heavy atom. The van der Waals surface area contributed by atoms with Crippen molar-refractivity contribution in [2.75, 3.05) is 12.4 Å². The molecule has 0 spiro atoms. The Bertz CT molecular complexity index is 1440. The van der Waals surface area contributed by atoms with E-state index in [1.165, 1.54) is 25.4 Å². The molecule has 0 radical (unpaired) electrons. The molecule has 2 N–H and O–H groups in total. The average Bonchev–Trinajstić information content (AvgIpc) is 3.25. The van der Waals surface area contributed by atoms with Gasteiger partial charge in [-0.1, -0.05) is 0 Å². The number of hydrogen-bond donors (Lipinski definition) is 2. The van der Waals surface area contributed by atoms with Crippen LogP contribution in [0.15, 0.2) is 67.0 Å². The van der Waals surface area contributed by atoms with Gasteiger partial charge in [-0.3, -0.25) is 14.6 Å². The number of amides is 2. The Morgan fingerprint density at radius 2 is 1.50 bits per heavy atom. The summed E-state index contributed by atoms with van der Waals surface area (Å²) in [5.74, 6) is -1.50. The van der Waals surface area contributed by atoms with E-state index in [9.17, 15) is 35.9 Å². The number of halogens is 6. The van der Waals surface area contributed by atoms with E-state index in [1.54, 1.807) is 35.0 Å². The number of alkyl halides is 6. The maximum absolute atomic E-state index is 13.1. The molecule has 0 fully saturated rings. The highest BCUT2D eigenvalue weighted by Crippen LogP contribution is 2.36. The summed E-state index contributed by atoms with van der Waals surface area (Å²) >= 11 is 0. The quantitative estimate of drug-likeness (QED) is 0.350. The Morgan fingerprint density at radius 3 is 2.11 bits per heavy atom. The second kappa shape index (κ2) is 9.02. The van der Waals surface area contributed by atoms with E-state index >= 15 is 0 Å². The van der Waals surface area contributed by atoms with Gasteiger partial charge in [-0.05, 0) is 54.6 Å². The van der Waals surface area contributed by atoms with Crippen LogP contribution in [0.5, 0.6) is 0 Å². The fraction of sp³-hybridized carbons (Fsp3) is 0.125. The van der Waals surface area contributed by atoms with E-state index < -0.39 is 35.0 Å². The van der Waals surface area contributed by atoms with Gasteiger partial charge in [-0.2, -0.15) is 26.3 Å². The molecular formula is C24H16F6N4O2. The molecule has 4 aromatic rings. The average molecular weight is 506 g/mol. The third-order valence-electron chi connectivity index (χ3n) is 5.28. The molecule has 0 unspecified atom stereocenters. The highest BCUT2D eigenvalue weighted by molar-refractivity contribution is 6.05. The van der Waals surface area contributed by atoms with Gasteiger partial charge in [0.1, 0.15) is 5.69 Å². The van der Waals surface area contributed by atoms with Crippen molar-refractivity contribution in [3.63, 3.8) is 0 Å². The van der Waals surface area contributed by atoms with Crippen molar-refractivity contribution >= 4 is 28.4 Å². The molecule has 0 aliphatic carbocycles. The number of aromatic nitrogens is 2. The molecule has 186 valence electrons. The number of hydrogen-bond acceptors (Lipinski definition) is 3. The molecule has 2 aromatic carbocycles. The van der Waals surface area contributed by atoms with Gasteiger partial charge in [0.25, 0.3) is 11.8 Å². The van der Waals surface area contributed by atoms with Gasteiger partial charge in [0.2, 0.25) is 0 Å². The zero-order chi connectivity index (χ0) is 26.3. The standard InChI is InChI=1S/C24H16F6N4O2/c1-31-22(36)19-12-18(4-6-32-19)34-7-5-13-10-17(2-3-20(13)34)33-21(35)14-8-15(23(25,26)27)11-16(9-14)24(28,29)30/h2-12H,1H3,(H,31,36)(H,33,35). The molecule has 0 saturated carbocycles. The lowest BCUT2D eigenvalue weighted by molar-refractivity contribution is -0.143. The minimum Gasteiger partial charge on any atom is -0.354 e. The van der Waals surface area contributed by atoms with Gasteiger partial charge in [-0.25, -0.2) is 0 Å². The summed E-state index contributed by atoms with van der Waals surface area (Å²) < 4.78 is 80.4. The molecule has 0 aliphatic heterocycles. The van der Waals surface area contributed by atoms with Crippen molar-refractivity contribution in [1.82, 2.24) is 14.9 Å². The van der Waals surface area contributed by atoms with Crippen LogP contribution in [-0.2, 0) is 12.4 Å². The second-order valence-electron chi connectivity index (χ2n) is 7.69. The van der Waals surface area contributed by atoms with E-state index in [-0.39, 0.29) is 23.4 Å². The van der Waals surface area contributed by atoms with Crippen LogP contribution in [0.4, 0.5) is 32.0 Å². The number of anilines is 1.